The van der Waals surface area contributed by atoms with Crippen molar-refractivity contribution < 1.29 is 14.0 Å². The molecule has 2 aromatic rings. The van der Waals surface area contributed by atoms with Crippen molar-refractivity contribution in [1.29, 1.82) is 0 Å². The number of benzene rings is 2. The maximum atomic E-state index is 14.6. The summed E-state index contributed by atoms with van der Waals surface area (Å²) in [6.45, 7) is 3.66. The number of ketones is 1. The van der Waals surface area contributed by atoms with E-state index in [1.54, 1.807) is 17.0 Å². The number of rotatable bonds is 5. The summed E-state index contributed by atoms with van der Waals surface area (Å²) in [6.07, 6.45) is 2.37. The van der Waals surface area contributed by atoms with Crippen LogP contribution < -0.4 is 5.32 Å². The Balaban J connectivity index is 1.72. The topological polar surface area (TPSA) is 49.4 Å². The Hall–Kier alpha value is -2.69. The number of hydrogen-bond acceptors (Lipinski definition) is 2. The number of amides is 2. The maximum Gasteiger partial charge on any atom is 0.317 e. The van der Waals surface area contributed by atoms with Gasteiger partial charge in [0.25, 0.3) is 0 Å². The first-order valence-electron chi connectivity index (χ1n) is 9.52. The average molecular weight is 368 g/mol. The van der Waals surface area contributed by atoms with Crippen molar-refractivity contribution in [3.8, 4) is 11.1 Å². The lowest BCUT2D eigenvalue weighted by Crippen LogP contribution is -2.47. The minimum absolute atomic E-state index is 0.0958. The third kappa shape index (κ3) is 4.54. The van der Waals surface area contributed by atoms with E-state index in [9.17, 15) is 14.0 Å². The number of urea groups is 1. The van der Waals surface area contributed by atoms with Crippen molar-refractivity contribution in [2.24, 2.45) is 5.92 Å². The van der Waals surface area contributed by atoms with Crippen LogP contribution in [0.15, 0.2) is 48.5 Å². The molecular formula is C22H25FN2O2. The Bertz CT molecular complexity index is 807. The first-order valence-corrected chi connectivity index (χ1v) is 9.52. The number of halogens is 1. The Morgan fingerprint density at radius 1 is 1.19 bits per heavy atom. The van der Waals surface area contributed by atoms with Crippen LogP contribution in [0.1, 0.15) is 36.5 Å². The summed E-state index contributed by atoms with van der Waals surface area (Å²) in [5.41, 5.74) is 1.63. The highest BCUT2D eigenvalue weighted by Gasteiger charge is 2.29. The van der Waals surface area contributed by atoms with Crippen LogP contribution in [0, 0.1) is 11.7 Å². The molecule has 0 unspecified atom stereocenters. The molecule has 1 fully saturated rings. The van der Waals surface area contributed by atoms with Crippen LogP contribution in [0.25, 0.3) is 11.1 Å². The van der Waals surface area contributed by atoms with Gasteiger partial charge in [-0.05, 0) is 30.9 Å². The Labute approximate surface area is 159 Å². The van der Waals surface area contributed by atoms with E-state index >= 15 is 0 Å². The fourth-order valence-corrected chi connectivity index (χ4v) is 3.48. The maximum absolute atomic E-state index is 14.6. The molecule has 27 heavy (non-hydrogen) atoms. The molecule has 1 saturated heterocycles. The molecule has 4 nitrogen and oxygen atoms in total. The molecule has 0 bridgehead atoms. The van der Waals surface area contributed by atoms with Crippen molar-refractivity contribution in [2.45, 2.75) is 26.2 Å². The molecule has 0 aliphatic carbocycles. The summed E-state index contributed by atoms with van der Waals surface area (Å²) in [4.78, 5) is 26.7. The molecule has 3 rings (SSSR count). The smallest absolute Gasteiger partial charge is 0.317 e. The molecule has 1 atom stereocenters. The largest absolute Gasteiger partial charge is 0.338 e. The van der Waals surface area contributed by atoms with E-state index in [0.29, 0.717) is 30.8 Å². The van der Waals surface area contributed by atoms with Crippen LogP contribution in [-0.2, 0) is 0 Å². The number of nitrogens with one attached hydrogen (secondary N) is 1. The molecule has 1 heterocycles. The third-order valence-corrected chi connectivity index (χ3v) is 4.94. The molecule has 0 aromatic heterocycles. The zero-order chi connectivity index (χ0) is 19.2. The van der Waals surface area contributed by atoms with E-state index in [4.69, 9.17) is 0 Å². The Morgan fingerprint density at radius 3 is 2.67 bits per heavy atom. The van der Waals surface area contributed by atoms with E-state index in [2.05, 4.69) is 5.32 Å². The van der Waals surface area contributed by atoms with Gasteiger partial charge in [0.15, 0.2) is 5.78 Å². The van der Waals surface area contributed by atoms with Crippen LogP contribution in [0.2, 0.25) is 0 Å². The average Bonchev–Trinajstić information content (AvgIpc) is 2.72. The van der Waals surface area contributed by atoms with Gasteiger partial charge in [-0.15, -0.1) is 0 Å². The van der Waals surface area contributed by atoms with Crippen LogP contribution in [-0.4, -0.2) is 36.3 Å². The number of nitrogens with zero attached hydrogens (tertiary/aromatic N) is 1. The van der Waals surface area contributed by atoms with Crippen molar-refractivity contribution in [3.63, 3.8) is 0 Å². The fraction of sp³-hybridized carbons (Fsp3) is 0.364. The second-order valence-electron chi connectivity index (χ2n) is 6.94. The van der Waals surface area contributed by atoms with Gasteiger partial charge < -0.3 is 10.2 Å². The van der Waals surface area contributed by atoms with Gasteiger partial charge in [0.1, 0.15) is 5.82 Å². The van der Waals surface area contributed by atoms with E-state index < -0.39 is 5.82 Å². The molecule has 1 aliphatic rings. The predicted molar refractivity (Wildman–Crippen MR) is 104 cm³/mol. The normalized spacial score (nSPS) is 16.8. The number of likely N-dealkylation sites (tertiary alicyclic amines) is 1. The molecule has 5 heteroatoms. The van der Waals surface area contributed by atoms with Gasteiger partial charge in [-0.25, -0.2) is 9.18 Å². The summed E-state index contributed by atoms with van der Waals surface area (Å²) >= 11 is 0. The lowest BCUT2D eigenvalue weighted by Gasteiger charge is -2.32. The Morgan fingerprint density at radius 2 is 1.96 bits per heavy atom. The van der Waals surface area contributed by atoms with Crippen molar-refractivity contribution in [1.82, 2.24) is 10.2 Å². The fourth-order valence-electron chi connectivity index (χ4n) is 3.48. The second-order valence-corrected chi connectivity index (χ2v) is 6.94. The highest BCUT2D eigenvalue weighted by atomic mass is 19.1. The molecule has 1 N–H and O–H groups in total. The van der Waals surface area contributed by atoms with Crippen LogP contribution in [0.4, 0.5) is 9.18 Å². The summed E-state index contributed by atoms with van der Waals surface area (Å²) < 4.78 is 14.6. The number of carbonyl (C=O) groups is 2. The van der Waals surface area contributed by atoms with Gasteiger partial charge in [-0.3, -0.25) is 4.79 Å². The molecule has 0 radical (unpaired) electrons. The van der Waals surface area contributed by atoms with Crippen molar-refractivity contribution in [2.75, 3.05) is 19.6 Å². The van der Waals surface area contributed by atoms with Gasteiger partial charge in [-0.1, -0.05) is 49.4 Å². The first kappa shape index (κ1) is 19.1. The molecule has 1 aliphatic heterocycles. The van der Waals surface area contributed by atoms with Gasteiger partial charge in [-0.2, -0.15) is 0 Å². The monoisotopic (exact) mass is 368 g/mol. The van der Waals surface area contributed by atoms with Gasteiger partial charge in [0.2, 0.25) is 0 Å². The zero-order valence-corrected chi connectivity index (χ0v) is 15.6. The zero-order valence-electron chi connectivity index (χ0n) is 15.6. The summed E-state index contributed by atoms with van der Waals surface area (Å²) in [7, 11) is 0. The number of hydrogen-bond donors (Lipinski definition) is 1. The molecule has 142 valence electrons. The first-order chi connectivity index (χ1) is 13.1. The van der Waals surface area contributed by atoms with Gasteiger partial charge >= 0.3 is 6.03 Å². The van der Waals surface area contributed by atoms with E-state index in [1.165, 1.54) is 6.07 Å². The van der Waals surface area contributed by atoms with E-state index in [0.717, 1.165) is 24.8 Å². The molecule has 2 amide bonds. The lowest BCUT2D eigenvalue weighted by atomic mass is 9.89. The summed E-state index contributed by atoms with van der Waals surface area (Å²) in [6, 6.07) is 13.8. The third-order valence-electron chi connectivity index (χ3n) is 4.94. The van der Waals surface area contributed by atoms with E-state index in [-0.39, 0.29) is 17.7 Å². The number of piperidine rings is 1. The molecule has 2 aromatic carbocycles. The SMILES string of the molecule is CCCNC(=O)N1CCC[C@@H](C(=O)c2ccc(-c3ccccc3)c(F)c2)C1. The quantitative estimate of drug-likeness (QED) is 0.790. The lowest BCUT2D eigenvalue weighted by molar-refractivity contribution is 0.0845. The summed E-state index contributed by atoms with van der Waals surface area (Å²) in [5, 5.41) is 2.85. The van der Waals surface area contributed by atoms with Crippen molar-refractivity contribution in [3.05, 3.63) is 59.9 Å². The minimum Gasteiger partial charge on any atom is -0.338 e. The predicted octanol–water partition coefficient (Wildman–Crippen LogP) is 4.51. The van der Waals surface area contributed by atoms with Crippen LogP contribution in [0.3, 0.4) is 0 Å². The van der Waals surface area contributed by atoms with E-state index in [1.807, 2.05) is 37.3 Å². The standard InChI is InChI=1S/C22H25FN2O2/c1-2-12-24-22(27)25-13-6-9-18(15-25)21(26)17-10-11-19(20(23)14-17)16-7-4-3-5-8-16/h3-5,7-8,10-11,14,18H,2,6,9,12-13,15H2,1H3,(H,24,27)/t18-/m1/s1. The summed E-state index contributed by atoms with van der Waals surface area (Å²) in [5.74, 6) is -0.782. The van der Waals surface area contributed by atoms with Crippen molar-refractivity contribution >= 4 is 11.8 Å². The molecule has 0 spiro atoms. The number of Topliss-reactive ketones (excluding diaryl/α,β-unsaturated/α-hetero) is 1. The number of carbonyl (C=O) groups excluding carboxylic acids is 2. The highest BCUT2D eigenvalue weighted by molar-refractivity contribution is 5.98. The molecular weight excluding hydrogens is 343 g/mol. The van der Waals surface area contributed by atoms with Crippen LogP contribution >= 0.6 is 0 Å². The van der Waals surface area contributed by atoms with Crippen LogP contribution in [0.5, 0.6) is 0 Å². The van der Waals surface area contributed by atoms with Gasteiger partial charge in [0.05, 0.1) is 0 Å². The molecule has 0 saturated carbocycles. The van der Waals surface area contributed by atoms with Gasteiger partial charge in [0, 0.05) is 36.7 Å². The minimum atomic E-state index is -0.402. The highest BCUT2D eigenvalue weighted by Crippen LogP contribution is 2.26. The Kier molecular flexibility index (Phi) is 6.22. The second kappa shape index (κ2) is 8.80.